The molecule has 8 heteroatoms. The van der Waals surface area contributed by atoms with Crippen LogP contribution in [0.5, 0.6) is 5.75 Å². The van der Waals surface area contributed by atoms with Crippen LogP contribution in [-0.4, -0.2) is 48.9 Å². The van der Waals surface area contributed by atoms with Crippen molar-refractivity contribution < 1.29 is 14.3 Å². The van der Waals surface area contributed by atoms with E-state index in [4.69, 9.17) is 4.74 Å². The van der Waals surface area contributed by atoms with E-state index in [0.717, 1.165) is 15.8 Å². The monoisotopic (exact) mass is 420 g/mol. The van der Waals surface area contributed by atoms with Crippen molar-refractivity contribution in [2.24, 2.45) is 0 Å². The van der Waals surface area contributed by atoms with Crippen LogP contribution in [0.2, 0.25) is 0 Å². The maximum Gasteiger partial charge on any atom is 0.239 e. The summed E-state index contributed by atoms with van der Waals surface area (Å²) in [5, 5.41) is 5.51. The topological polar surface area (TPSA) is 83.6 Å². The van der Waals surface area contributed by atoms with Crippen molar-refractivity contribution in [2.45, 2.75) is 6.54 Å². The number of pyridine rings is 1. The first kappa shape index (κ1) is 19.9. The zero-order valence-corrected chi connectivity index (χ0v) is 16.2. The summed E-state index contributed by atoms with van der Waals surface area (Å²) in [4.78, 5) is 29.8. The summed E-state index contributed by atoms with van der Waals surface area (Å²) >= 11 is 3.28. The van der Waals surface area contributed by atoms with Crippen LogP contribution < -0.4 is 15.4 Å². The normalized spacial score (nSPS) is 10.5. The average Bonchev–Trinajstić information content (AvgIpc) is 2.62. The molecule has 0 fully saturated rings. The fourth-order valence-electron chi connectivity index (χ4n) is 2.28. The lowest BCUT2D eigenvalue weighted by Gasteiger charge is -2.16. The number of ether oxygens (including phenoxy) is 1. The average molecular weight is 421 g/mol. The molecule has 1 aromatic carbocycles. The molecule has 0 aliphatic carbocycles. The highest BCUT2D eigenvalue weighted by atomic mass is 79.9. The number of nitrogens with one attached hydrogen (secondary N) is 2. The second-order valence-corrected chi connectivity index (χ2v) is 6.59. The van der Waals surface area contributed by atoms with Crippen LogP contribution in [0.4, 0.5) is 5.82 Å². The largest absolute Gasteiger partial charge is 0.496 e. The minimum atomic E-state index is -0.236. The summed E-state index contributed by atoms with van der Waals surface area (Å²) in [7, 11) is 3.30. The summed E-state index contributed by atoms with van der Waals surface area (Å²) < 4.78 is 6.08. The summed E-state index contributed by atoms with van der Waals surface area (Å²) in [6.45, 7) is 0.557. The van der Waals surface area contributed by atoms with Gasteiger partial charge in [0.25, 0.3) is 0 Å². The highest BCUT2D eigenvalue weighted by Gasteiger charge is 2.12. The van der Waals surface area contributed by atoms with E-state index >= 15 is 0 Å². The molecule has 0 saturated heterocycles. The molecule has 1 heterocycles. The number of para-hydroxylation sites is 1. The van der Waals surface area contributed by atoms with Crippen molar-refractivity contribution >= 4 is 33.6 Å². The van der Waals surface area contributed by atoms with Gasteiger partial charge in [0, 0.05) is 22.8 Å². The van der Waals surface area contributed by atoms with E-state index in [0.29, 0.717) is 12.4 Å². The number of methoxy groups -OCH3 is 1. The number of hydrogen-bond acceptors (Lipinski definition) is 5. The number of aromatic nitrogens is 1. The van der Waals surface area contributed by atoms with Crippen molar-refractivity contribution in [3.05, 3.63) is 52.6 Å². The molecule has 0 radical (unpaired) electrons. The van der Waals surface area contributed by atoms with Gasteiger partial charge in [-0.05, 0) is 41.2 Å². The fraction of sp³-hybridized carbons (Fsp3) is 0.278. The van der Waals surface area contributed by atoms with Crippen LogP contribution in [0.15, 0.2) is 47.1 Å². The molecule has 0 saturated carbocycles. The quantitative estimate of drug-likeness (QED) is 0.682. The lowest BCUT2D eigenvalue weighted by molar-refractivity contribution is -0.123. The third kappa shape index (κ3) is 6.45. The molecular weight excluding hydrogens is 400 g/mol. The lowest BCUT2D eigenvalue weighted by atomic mass is 10.2. The Labute approximate surface area is 160 Å². The van der Waals surface area contributed by atoms with Crippen LogP contribution in [0, 0.1) is 0 Å². The number of rotatable bonds is 8. The Kier molecular flexibility index (Phi) is 7.55. The Balaban J connectivity index is 1.75. The molecule has 0 aliphatic heterocycles. The Morgan fingerprint density at radius 1 is 1.15 bits per heavy atom. The van der Waals surface area contributed by atoms with Gasteiger partial charge >= 0.3 is 0 Å². The number of hydrogen-bond donors (Lipinski definition) is 2. The van der Waals surface area contributed by atoms with Crippen molar-refractivity contribution in [2.75, 3.05) is 32.6 Å². The van der Waals surface area contributed by atoms with Crippen molar-refractivity contribution in [3.8, 4) is 5.75 Å². The first-order valence-corrected chi connectivity index (χ1v) is 8.75. The number of amides is 2. The molecule has 2 rings (SSSR count). The first-order chi connectivity index (χ1) is 12.5. The van der Waals surface area contributed by atoms with Gasteiger partial charge in [-0.3, -0.25) is 14.5 Å². The van der Waals surface area contributed by atoms with Gasteiger partial charge in [0.2, 0.25) is 11.8 Å². The molecule has 0 spiro atoms. The number of carbonyl (C=O) groups is 2. The number of nitrogens with zero attached hydrogens (tertiary/aromatic N) is 2. The third-order valence-corrected chi connectivity index (χ3v) is 3.96. The second-order valence-electron chi connectivity index (χ2n) is 5.67. The first-order valence-electron chi connectivity index (χ1n) is 7.96. The highest BCUT2D eigenvalue weighted by Crippen LogP contribution is 2.16. The summed E-state index contributed by atoms with van der Waals surface area (Å²) in [6, 6.07) is 11.0. The molecule has 7 nitrogen and oxygen atoms in total. The summed E-state index contributed by atoms with van der Waals surface area (Å²) in [5.41, 5.74) is 0.894. The Morgan fingerprint density at radius 3 is 2.58 bits per heavy atom. The van der Waals surface area contributed by atoms with E-state index in [1.54, 1.807) is 37.4 Å². The maximum absolute atomic E-state index is 12.1. The van der Waals surface area contributed by atoms with Crippen LogP contribution in [-0.2, 0) is 16.1 Å². The van der Waals surface area contributed by atoms with Gasteiger partial charge < -0.3 is 15.4 Å². The number of halogens is 1. The molecular formula is C18H21BrN4O3. The minimum Gasteiger partial charge on any atom is -0.496 e. The van der Waals surface area contributed by atoms with Gasteiger partial charge in [-0.25, -0.2) is 4.98 Å². The molecule has 2 aromatic rings. The Bertz CT molecular complexity index is 752. The number of anilines is 1. The highest BCUT2D eigenvalue weighted by molar-refractivity contribution is 9.10. The van der Waals surface area contributed by atoms with Crippen molar-refractivity contribution in [1.82, 2.24) is 15.2 Å². The smallest absolute Gasteiger partial charge is 0.239 e. The van der Waals surface area contributed by atoms with Gasteiger partial charge in [0.05, 0.1) is 20.2 Å². The van der Waals surface area contributed by atoms with Gasteiger partial charge in [-0.15, -0.1) is 0 Å². The maximum atomic E-state index is 12.1. The molecule has 0 aliphatic rings. The predicted octanol–water partition coefficient (Wildman–Crippen LogP) is 2.04. The van der Waals surface area contributed by atoms with E-state index in [2.05, 4.69) is 31.5 Å². The summed E-state index contributed by atoms with van der Waals surface area (Å²) in [6.07, 6.45) is 1.60. The Morgan fingerprint density at radius 2 is 1.88 bits per heavy atom. The van der Waals surface area contributed by atoms with Crippen LogP contribution >= 0.6 is 15.9 Å². The van der Waals surface area contributed by atoms with Gasteiger partial charge in [-0.1, -0.05) is 18.2 Å². The van der Waals surface area contributed by atoms with E-state index in [1.807, 2.05) is 24.3 Å². The molecule has 0 bridgehead atoms. The third-order valence-electron chi connectivity index (χ3n) is 3.49. The van der Waals surface area contributed by atoms with Crippen LogP contribution in [0.25, 0.3) is 0 Å². The number of benzene rings is 1. The molecule has 26 heavy (non-hydrogen) atoms. The predicted molar refractivity (Wildman–Crippen MR) is 103 cm³/mol. The van der Waals surface area contributed by atoms with Crippen LogP contribution in [0.3, 0.4) is 0 Å². The molecule has 0 atom stereocenters. The van der Waals surface area contributed by atoms with E-state index in [-0.39, 0.29) is 24.9 Å². The zero-order chi connectivity index (χ0) is 18.9. The lowest BCUT2D eigenvalue weighted by Crippen LogP contribution is -2.38. The molecule has 0 unspecified atom stereocenters. The van der Waals surface area contributed by atoms with Crippen molar-refractivity contribution in [1.29, 1.82) is 0 Å². The van der Waals surface area contributed by atoms with E-state index in [1.165, 1.54) is 0 Å². The number of carbonyl (C=O) groups excluding carboxylic acids is 2. The molecule has 138 valence electrons. The van der Waals surface area contributed by atoms with E-state index < -0.39 is 0 Å². The van der Waals surface area contributed by atoms with Gasteiger partial charge in [-0.2, -0.15) is 0 Å². The van der Waals surface area contributed by atoms with Gasteiger partial charge in [0.15, 0.2) is 0 Å². The Hall–Kier alpha value is -2.45. The number of likely N-dealkylation sites (N-methyl/N-ethyl adjacent to an activating group) is 1. The van der Waals surface area contributed by atoms with Gasteiger partial charge in [0.1, 0.15) is 11.6 Å². The standard InChI is InChI=1S/C18H21BrN4O3/c1-23(12-18(25)22-16-8-7-14(19)10-20-16)11-17(24)21-9-13-5-3-4-6-15(13)26-2/h3-8,10H,9,11-12H2,1-2H3,(H,21,24)(H,20,22,25). The molecule has 2 N–H and O–H groups in total. The molecule has 2 amide bonds. The zero-order valence-electron chi connectivity index (χ0n) is 14.7. The second kappa shape index (κ2) is 9.88. The summed E-state index contributed by atoms with van der Waals surface area (Å²) in [5.74, 6) is 0.780. The fourth-order valence-corrected chi connectivity index (χ4v) is 2.51. The van der Waals surface area contributed by atoms with Crippen molar-refractivity contribution in [3.63, 3.8) is 0 Å². The molecule has 1 aromatic heterocycles. The van der Waals surface area contributed by atoms with E-state index in [9.17, 15) is 9.59 Å². The SMILES string of the molecule is COc1ccccc1CNC(=O)CN(C)CC(=O)Nc1ccc(Br)cn1. The van der Waals surface area contributed by atoms with Crippen LogP contribution in [0.1, 0.15) is 5.56 Å². The minimum absolute atomic E-state index is 0.0832.